The summed E-state index contributed by atoms with van der Waals surface area (Å²) < 4.78 is 7.50. The normalized spacial score (nSPS) is 19.9. The van der Waals surface area contributed by atoms with E-state index in [9.17, 15) is 4.79 Å². The van der Waals surface area contributed by atoms with Gasteiger partial charge in [0.1, 0.15) is 5.82 Å². The van der Waals surface area contributed by atoms with Crippen molar-refractivity contribution in [3.63, 3.8) is 0 Å². The number of hydrogen-bond acceptors (Lipinski definition) is 6. The van der Waals surface area contributed by atoms with Crippen LogP contribution in [0.15, 0.2) is 41.0 Å². The number of rotatable bonds is 3. The molecule has 9 heteroatoms. The van der Waals surface area contributed by atoms with E-state index in [1.807, 2.05) is 23.1 Å². The average Bonchev–Trinajstić information content (AvgIpc) is 3.54. The molecule has 176 valence electrons. The second kappa shape index (κ2) is 8.58. The number of carbonyl (C=O) groups is 1. The maximum atomic E-state index is 12.9. The molecule has 0 unspecified atom stereocenters. The number of amides is 1. The summed E-state index contributed by atoms with van der Waals surface area (Å²) in [5.41, 5.74) is 1.62. The van der Waals surface area contributed by atoms with Crippen LogP contribution in [0.25, 0.3) is 16.6 Å². The first-order valence-corrected chi connectivity index (χ1v) is 12.4. The first-order valence-electron chi connectivity index (χ1n) is 12.0. The van der Waals surface area contributed by atoms with Crippen molar-refractivity contribution in [2.75, 3.05) is 24.5 Å². The molecule has 0 spiro atoms. The monoisotopic (exact) mass is 478 g/mol. The van der Waals surface area contributed by atoms with E-state index in [4.69, 9.17) is 21.0 Å². The summed E-state index contributed by atoms with van der Waals surface area (Å²) in [6, 6.07) is 9.19. The zero-order valence-corrected chi connectivity index (χ0v) is 19.9. The average molecular weight is 479 g/mol. The van der Waals surface area contributed by atoms with E-state index in [0.717, 1.165) is 41.2 Å². The fraction of sp³-hybridized carbons (Fsp3) is 0.440. The third kappa shape index (κ3) is 3.60. The minimum absolute atomic E-state index is 0.00660. The van der Waals surface area contributed by atoms with Gasteiger partial charge >= 0.3 is 0 Å². The predicted octanol–water partition coefficient (Wildman–Crippen LogP) is 4.92. The quantitative estimate of drug-likeness (QED) is 0.415. The Kier molecular flexibility index (Phi) is 5.40. The minimum atomic E-state index is -0.0762. The van der Waals surface area contributed by atoms with Crippen LogP contribution in [-0.2, 0) is 0 Å². The number of nitrogens with zero attached hydrogens (tertiary/aromatic N) is 6. The van der Waals surface area contributed by atoms with Gasteiger partial charge in [0.15, 0.2) is 11.4 Å². The van der Waals surface area contributed by atoms with Crippen molar-refractivity contribution >= 4 is 40.0 Å². The molecule has 34 heavy (non-hydrogen) atoms. The van der Waals surface area contributed by atoms with Crippen molar-refractivity contribution in [3.8, 4) is 0 Å². The Morgan fingerprint density at radius 3 is 2.74 bits per heavy atom. The van der Waals surface area contributed by atoms with Crippen molar-refractivity contribution in [2.24, 2.45) is 0 Å². The lowest BCUT2D eigenvalue weighted by Gasteiger charge is -2.40. The van der Waals surface area contributed by atoms with Crippen molar-refractivity contribution in [1.29, 1.82) is 0 Å². The molecule has 1 saturated carbocycles. The maximum absolute atomic E-state index is 12.9. The first-order chi connectivity index (χ1) is 16.6. The zero-order chi connectivity index (χ0) is 23.2. The predicted molar refractivity (Wildman–Crippen MR) is 131 cm³/mol. The van der Waals surface area contributed by atoms with E-state index >= 15 is 0 Å². The molecule has 3 aromatic heterocycles. The van der Waals surface area contributed by atoms with Gasteiger partial charge in [0.2, 0.25) is 5.95 Å². The van der Waals surface area contributed by atoms with E-state index in [2.05, 4.69) is 26.4 Å². The van der Waals surface area contributed by atoms with E-state index in [1.54, 1.807) is 12.1 Å². The number of furan rings is 1. The van der Waals surface area contributed by atoms with Crippen molar-refractivity contribution in [3.05, 3.63) is 53.2 Å². The number of halogens is 1. The standard InChI is InChI=1S/C25H27ClN6O2/c1-16-15-30(11-12-31(16)24(33)21-8-5-13-34-21)25-27-20-14-18(26)9-10-19(20)23-29-28-22(32(23)25)17-6-3-2-4-7-17/h5,8-10,13-14,16-17H,2-4,6-7,11-12,15H2,1H3/t16-/m0/s1. The van der Waals surface area contributed by atoms with Crippen molar-refractivity contribution in [2.45, 2.75) is 51.0 Å². The minimum Gasteiger partial charge on any atom is -0.459 e. The molecule has 0 radical (unpaired) electrons. The van der Waals surface area contributed by atoms with Gasteiger partial charge in [0.25, 0.3) is 5.91 Å². The van der Waals surface area contributed by atoms with Gasteiger partial charge in [0, 0.05) is 42.0 Å². The number of piperazine rings is 1. The highest BCUT2D eigenvalue weighted by Crippen LogP contribution is 2.35. The third-order valence-electron chi connectivity index (χ3n) is 7.18. The zero-order valence-electron chi connectivity index (χ0n) is 19.2. The largest absolute Gasteiger partial charge is 0.459 e. The summed E-state index contributed by atoms with van der Waals surface area (Å²) >= 11 is 6.31. The van der Waals surface area contributed by atoms with Crippen molar-refractivity contribution < 1.29 is 9.21 Å². The van der Waals surface area contributed by atoms with Gasteiger partial charge in [-0.3, -0.25) is 4.79 Å². The molecule has 6 rings (SSSR count). The van der Waals surface area contributed by atoms with Gasteiger partial charge in [-0.2, -0.15) is 0 Å². The second-order valence-electron chi connectivity index (χ2n) is 9.40. The molecule has 1 amide bonds. The highest BCUT2D eigenvalue weighted by Gasteiger charge is 2.32. The molecular formula is C25H27ClN6O2. The summed E-state index contributed by atoms with van der Waals surface area (Å²) in [6.45, 7) is 3.96. The van der Waals surface area contributed by atoms with Crippen LogP contribution in [0.1, 0.15) is 61.3 Å². The fourth-order valence-corrected chi connectivity index (χ4v) is 5.60. The molecule has 0 bridgehead atoms. The molecule has 4 aromatic rings. The number of aromatic nitrogens is 4. The smallest absolute Gasteiger partial charge is 0.289 e. The Morgan fingerprint density at radius 2 is 1.97 bits per heavy atom. The number of carbonyl (C=O) groups excluding carboxylic acids is 1. The van der Waals surface area contributed by atoms with Crippen LogP contribution in [-0.4, -0.2) is 56.1 Å². The summed E-state index contributed by atoms with van der Waals surface area (Å²) in [4.78, 5) is 22.1. The Morgan fingerprint density at radius 1 is 1.12 bits per heavy atom. The molecule has 1 aromatic carbocycles. The maximum Gasteiger partial charge on any atom is 0.289 e. The number of benzene rings is 1. The van der Waals surface area contributed by atoms with Gasteiger partial charge in [0.05, 0.1) is 11.8 Å². The summed E-state index contributed by atoms with van der Waals surface area (Å²) in [5, 5.41) is 10.9. The highest BCUT2D eigenvalue weighted by atomic mass is 35.5. The van der Waals surface area contributed by atoms with Gasteiger partial charge in [-0.25, -0.2) is 9.38 Å². The van der Waals surface area contributed by atoms with E-state index < -0.39 is 0 Å². The van der Waals surface area contributed by atoms with Gasteiger partial charge < -0.3 is 14.2 Å². The van der Waals surface area contributed by atoms with Crippen LogP contribution >= 0.6 is 11.6 Å². The molecule has 0 N–H and O–H groups in total. The lowest BCUT2D eigenvalue weighted by atomic mass is 9.89. The second-order valence-corrected chi connectivity index (χ2v) is 9.83. The van der Waals surface area contributed by atoms with Crippen molar-refractivity contribution in [1.82, 2.24) is 24.5 Å². The SMILES string of the molecule is C[C@H]1CN(c2nc3cc(Cl)ccc3c3nnc(C4CCCCC4)n23)CCN1C(=O)c1ccco1. The molecule has 4 heterocycles. The molecule has 1 aliphatic heterocycles. The fourth-order valence-electron chi connectivity index (χ4n) is 5.43. The lowest BCUT2D eigenvalue weighted by molar-refractivity contribution is 0.0640. The Bertz CT molecular complexity index is 1340. The molecule has 8 nitrogen and oxygen atoms in total. The lowest BCUT2D eigenvalue weighted by Crippen LogP contribution is -2.54. The van der Waals surface area contributed by atoms with Gasteiger partial charge in [-0.05, 0) is 50.1 Å². The molecule has 2 fully saturated rings. The Labute approximate surface area is 202 Å². The van der Waals surface area contributed by atoms with Crippen LogP contribution < -0.4 is 4.90 Å². The van der Waals surface area contributed by atoms with E-state index in [0.29, 0.717) is 36.3 Å². The highest BCUT2D eigenvalue weighted by molar-refractivity contribution is 6.31. The van der Waals surface area contributed by atoms with E-state index in [1.165, 1.54) is 25.5 Å². The van der Waals surface area contributed by atoms with Crippen LogP contribution in [0.4, 0.5) is 5.95 Å². The topological polar surface area (TPSA) is 79.8 Å². The summed E-state index contributed by atoms with van der Waals surface area (Å²) in [6.07, 6.45) is 7.50. The molecule has 1 atom stereocenters. The van der Waals surface area contributed by atoms with Crippen LogP contribution in [0.2, 0.25) is 5.02 Å². The van der Waals surface area contributed by atoms with Gasteiger partial charge in [-0.1, -0.05) is 30.9 Å². The summed E-state index contributed by atoms with van der Waals surface area (Å²) in [5.74, 6) is 2.50. The summed E-state index contributed by atoms with van der Waals surface area (Å²) in [7, 11) is 0. The van der Waals surface area contributed by atoms with Gasteiger partial charge in [-0.15, -0.1) is 10.2 Å². The van der Waals surface area contributed by atoms with Crippen LogP contribution in [0.3, 0.4) is 0 Å². The first kappa shape index (κ1) is 21.4. The number of fused-ring (bicyclic) bond motifs is 3. The van der Waals surface area contributed by atoms with E-state index in [-0.39, 0.29) is 11.9 Å². The number of hydrogen-bond donors (Lipinski definition) is 0. The molecule has 1 aliphatic carbocycles. The van der Waals surface area contributed by atoms with Crippen LogP contribution in [0.5, 0.6) is 0 Å². The molecule has 1 saturated heterocycles. The Hall–Kier alpha value is -3.13. The molecular weight excluding hydrogens is 452 g/mol. The van der Waals surface area contributed by atoms with Crippen LogP contribution in [0, 0.1) is 0 Å². The number of anilines is 1. The third-order valence-corrected chi connectivity index (χ3v) is 7.42. The molecule has 2 aliphatic rings. The Balaban J connectivity index is 1.41.